The largest absolute Gasteiger partial charge is 0.484 e. The maximum atomic E-state index is 13.8. The van der Waals surface area contributed by atoms with Crippen molar-refractivity contribution in [1.29, 1.82) is 0 Å². The highest BCUT2D eigenvalue weighted by molar-refractivity contribution is 7.90. The number of amides is 1. The number of carbonyl (C=O) groups is 1. The zero-order valence-corrected chi connectivity index (χ0v) is 15.1. The van der Waals surface area contributed by atoms with Gasteiger partial charge in [-0.15, -0.1) is 0 Å². The lowest BCUT2D eigenvalue weighted by molar-refractivity contribution is -0.118. The molecule has 7 heteroatoms. The molecule has 2 aromatic rings. The fourth-order valence-electron chi connectivity index (χ4n) is 2.13. The summed E-state index contributed by atoms with van der Waals surface area (Å²) in [7, 11) is -3.50. The zero-order valence-electron chi connectivity index (χ0n) is 14.2. The van der Waals surface area contributed by atoms with E-state index in [1.165, 1.54) is 0 Å². The van der Waals surface area contributed by atoms with Gasteiger partial charge >= 0.3 is 0 Å². The number of anilines is 1. The van der Waals surface area contributed by atoms with Gasteiger partial charge in [-0.2, -0.15) is 0 Å². The first kappa shape index (κ1) is 18.9. The van der Waals surface area contributed by atoms with Crippen LogP contribution in [0.2, 0.25) is 0 Å². The molecule has 134 valence electrons. The van der Waals surface area contributed by atoms with E-state index in [9.17, 15) is 17.6 Å². The van der Waals surface area contributed by atoms with Crippen molar-refractivity contribution in [2.75, 3.05) is 18.2 Å². The van der Waals surface area contributed by atoms with Crippen molar-refractivity contribution in [2.45, 2.75) is 24.7 Å². The van der Waals surface area contributed by atoms with Crippen LogP contribution in [-0.2, 0) is 14.6 Å². The molecule has 0 saturated carbocycles. The number of carbonyl (C=O) groups excluding carboxylic acids is 1. The summed E-state index contributed by atoms with van der Waals surface area (Å²) in [5.74, 6) is -0.445. The number of rotatable bonds is 6. The lowest BCUT2D eigenvalue weighted by Gasteiger charge is -2.11. The molecule has 0 fully saturated rings. The second kappa shape index (κ2) is 7.65. The van der Waals surface area contributed by atoms with E-state index >= 15 is 0 Å². The molecule has 5 nitrogen and oxygen atoms in total. The molecule has 25 heavy (non-hydrogen) atoms. The second-order valence-corrected chi connectivity index (χ2v) is 7.99. The van der Waals surface area contributed by atoms with E-state index in [0.717, 1.165) is 30.0 Å². The van der Waals surface area contributed by atoms with Gasteiger partial charge in [0.1, 0.15) is 11.6 Å². The Morgan fingerprint density at radius 1 is 1.20 bits per heavy atom. The highest BCUT2D eigenvalue weighted by Gasteiger charge is 2.13. The third-order valence-electron chi connectivity index (χ3n) is 3.53. The first-order valence-electron chi connectivity index (χ1n) is 7.69. The van der Waals surface area contributed by atoms with Gasteiger partial charge in [-0.25, -0.2) is 12.8 Å². The number of ether oxygens (including phenoxy) is 1. The Hall–Kier alpha value is -2.41. The molecule has 0 heterocycles. The molecule has 0 unspecified atom stereocenters. The molecule has 0 atom stereocenters. The summed E-state index contributed by atoms with van der Waals surface area (Å²) in [5, 5.41) is 2.33. The number of halogens is 1. The molecular weight excluding hydrogens is 345 g/mol. The van der Waals surface area contributed by atoms with Gasteiger partial charge in [-0.1, -0.05) is 26.0 Å². The van der Waals surface area contributed by atoms with Crippen LogP contribution in [0.15, 0.2) is 47.4 Å². The molecule has 2 aromatic carbocycles. The van der Waals surface area contributed by atoms with Gasteiger partial charge in [0.2, 0.25) is 0 Å². The van der Waals surface area contributed by atoms with E-state index in [1.807, 2.05) is 32.0 Å². The zero-order chi connectivity index (χ0) is 18.6. The quantitative estimate of drug-likeness (QED) is 0.797. The number of sulfone groups is 1. The third kappa shape index (κ3) is 5.29. The molecule has 0 aliphatic carbocycles. The van der Waals surface area contributed by atoms with Crippen LogP contribution >= 0.6 is 0 Å². The maximum Gasteiger partial charge on any atom is 0.262 e. The molecule has 2 rings (SSSR count). The third-order valence-corrected chi connectivity index (χ3v) is 4.64. The molecule has 1 N–H and O–H groups in total. The molecule has 0 aliphatic heterocycles. The summed E-state index contributed by atoms with van der Waals surface area (Å²) in [5.41, 5.74) is 0.872. The normalized spacial score (nSPS) is 11.4. The monoisotopic (exact) mass is 365 g/mol. The Morgan fingerprint density at radius 2 is 1.92 bits per heavy atom. The Kier molecular flexibility index (Phi) is 5.79. The predicted octanol–water partition coefficient (Wildman–Crippen LogP) is 3.37. The van der Waals surface area contributed by atoms with Gasteiger partial charge in [0.25, 0.3) is 5.91 Å². The molecule has 0 aromatic heterocycles. The van der Waals surface area contributed by atoms with Gasteiger partial charge in [-0.05, 0) is 41.8 Å². The lowest BCUT2D eigenvalue weighted by Crippen LogP contribution is -2.21. The lowest BCUT2D eigenvalue weighted by atomic mass is 10.0. The summed E-state index contributed by atoms with van der Waals surface area (Å²) in [6.45, 7) is 3.77. The Labute approximate surface area is 146 Å². The number of benzene rings is 2. The summed E-state index contributed by atoms with van der Waals surface area (Å²) >= 11 is 0. The Balaban J connectivity index is 2.05. The Morgan fingerprint density at radius 3 is 2.56 bits per heavy atom. The van der Waals surface area contributed by atoms with Crippen molar-refractivity contribution in [3.63, 3.8) is 0 Å². The molecule has 0 aliphatic rings. The summed E-state index contributed by atoms with van der Waals surface area (Å²) in [4.78, 5) is 11.9. The predicted molar refractivity (Wildman–Crippen MR) is 94.2 cm³/mol. The average molecular weight is 365 g/mol. The van der Waals surface area contributed by atoms with Crippen LogP contribution in [0.3, 0.4) is 0 Å². The van der Waals surface area contributed by atoms with Gasteiger partial charge < -0.3 is 10.1 Å². The first-order valence-corrected chi connectivity index (χ1v) is 9.58. The fraction of sp³-hybridized carbons (Fsp3) is 0.278. The minimum absolute atomic E-state index is 0.0743. The van der Waals surface area contributed by atoms with Gasteiger partial charge in [0, 0.05) is 6.26 Å². The van der Waals surface area contributed by atoms with Crippen molar-refractivity contribution in [3.8, 4) is 5.75 Å². The van der Waals surface area contributed by atoms with Crippen LogP contribution in [0.1, 0.15) is 25.3 Å². The molecule has 1 amide bonds. The van der Waals surface area contributed by atoms with Crippen LogP contribution in [0, 0.1) is 5.82 Å². The van der Waals surface area contributed by atoms with E-state index in [4.69, 9.17) is 4.74 Å². The van der Waals surface area contributed by atoms with Crippen LogP contribution in [0.25, 0.3) is 0 Å². The highest BCUT2D eigenvalue weighted by atomic mass is 32.2. The summed E-state index contributed by atoms with van der Waals surface area (Å²) in [6.07, 6.45) is 1.01. The van der Waals surface area contributed by atoms with Gasteiger partial charge in [0.05, 0.1) is 10.6 Å². The van der Waals surface area contributed by atoms with Crippen LogP contribution in [-0.4, -0.2) is 27.2 Å². The van der Waals surface area contributed by atoms with Gasteiger partial charge in [-0.3, -0.25) is 4.79 Å². The fourth-order valence-corrected chi connectivity index (χ4v) is 2.78. The average Bonchev–Trinajstić information content (AvgIpc) is 2.54. The molecule has 0 radical (unpaired) electrons. The van der Waals surface area contributed by atoms with Gasteiger partial charge in [0.15, 0.2) is 16.4 Å². The van der Waals surface area contributed by atoms with Crippen LogP contribution in [0.4, 0.5) is 10.1 Å². The van der Waals surface area contributed by atoms with E-state index in [-0.39, 0.29) is 17.2 Å². The topological polar surface area (TPSA) is 72.5 Å². The minimum atomic E-state index is -3.50. The van der Waals surface area contributed by atoms with Crippen molar-refractivity contribution in [2.24, 2.45) is 0 Å². The van der Waals surface area contributed by atoms with E-state index in [2.05, 4.69) is 5.32 Å². The van der Waals surface area contributed by atoms with E-state index in [1.54, 1.807) is 6.07 Å². The standard InChI is InChI=1S/C18H20FNO4S/c1-12(2)13-5-4-6-14(9-13)24-11-18(21)20-17-10-15(25(3,22)23)7-8-16(17)19/h4-10,12H,11H2,1-3H3,(H,20,21). The van der Waals surface area contributed by atoms with E-state index < -0.39 is 21.6 Å². The molecular formula is C18H20FNO4S. The SMILES string of the molecule is CC(C)c1cccc(OCC(=O)Nc2cc(S(C)(=O)=O)ccc2F)c1. The Bertz CT molecular complexity index is 878. The van der Waals surface area contributed by atoms with Crippen LogP contribution < -0.4 is 10.1 Å². The van der Waals surface area contributed by atoms with Crippen LogP contribution in [0.5, 0.6) is 5.75 Å². The summed E-state index contributed by atoms with van der Waals surface area (Å²) < 4.78 is 42.2. The number of nitrogens with one attached hydrogen (secondary N) is 1. The van der Waals surface area contributed by atoms with Crippen molar-refractivity contribution >= 4 is 21.4 Å². The van der Waals surface area contributed by atoms with Crippen molar-refractivity contribution < 1.29 is 22.3 Å². The second-order valence-electron chi connectivity index (χ2n) is 5.98. The molecule has 0 spiro atoms. The first-order chi connectivity index (χ1) is 11.7. The molecule has 0 saturated heterocycles. The minimum Gasteiger partial charge on any atom is -0.484 e. The van der Waals surface area contributed by atoms with Crippen molar-refractivity contribution in [1.82, 2.24) is 0 Å². The number of hydrogen-bond donors (Lipinski definition) is 1. The smallest absolute Gasteiger partial charge is 0.262 e. The highest BCUT2D eigenvalue weighted by Crippen LogP contribution is 2.21. The number of hydrogen-bond acceptors (Lipinski definition) is 4. The summed E-state index contributed by atoms with van der Waals surface area (Å²) in [6, 6.07) is 10.6. The van der Waals surface area contributed by atoms with E-state index in [0.29, 0.717) is 11.7 Å². The maximum absolute atomic E-state index is 13.8. The van der Waals surface area contributed by atoms with Crippen molar-refractivity contribution in [3.05, 3.63) is 53.8 Å². The molecule has 0 bridgehead atoms.